The second-order valence-corrected chi connectivity index (χ2v) is 10.3. The molecule has 2 atom stereocenters. The Balaban J connectivity index is 1.70. The third kappa shape index (κ3) is 3.76. The van der Waals surface area contributed by atoms with E-state index in [-0.39, 0.29) is 11.6 Å². The Morgan fingerprint density at radius 3 is 2.83 bits per heavy atom. The Morgan fingerprint density at radius 1 is 1.28 bits per heavy atom. The van der Waals surface area contributed by atoms with Crippen molar-refractivity contribution in [3.05, 3.63) is 58.6 Å². The van der Waals surface area contributed by atoms with Gasteiger partial charge in [-0.15, -0.1) is 0 Å². The first kappa shape index (κ1) is 19.9. The van der Waals surface area contributed by atoms with Gasteiger partial charge in [0.2, 0.25) is 0 Å². The van der Waals surface area contributed by atoms with E-state index in [2.05, 4.69) is 36.2 Å². The number of nitrogens with two attached hydrogens (primary N) is 1. The van der Waals surface area contributed by atoms with Gasteiger partial charge in [0.05, 0.1) is 16.5 Å². The van der Waals surface area contributed by atoms with Gasteiger partial charge in [-0.25, -0.2) is 9.37 Å². The predicted molar refractivity (Wildman–Crippen MR) is 118 cm³/mol. The third-order valence-electron chi connectivity index (χ3n) is 4.97. The number of fused-ring (bicyclic) bond motifs is 1. The van der Waals surface area contributed by atoms with Gasteiger partial charge >= 0.3 is 0 Å². The van der Waals surface area contributed by atoms with E-state index in [1.54, 1.807) is 38.4 Å². The van der Waals surface area contributed by atoms with E-state index in [1.807, 2.05) is 12.1 Å². The van der Waals surface area contributed by atoms with Gasteiger partial charge in [-0.1, -0.05) is 0 Å². The van der Waals surface area contributed by atoms with E-state index >= 15 is 0 Å². The smallest absolute Gasteiger partial charge is 0.156 e. The lowest BCUT2D eigenvalue weighted by atomic mass is 10.1. The molecule has 1 aromatic carbocycles. The molecule has 1 aliphatic rings. The van der Waals surface area contributed by atoms with Crippen molar-refractivity contribution in [3.63, 3.8) is 0 Å². The minimum Gasteiger partial charge on any atom is -0.386 e. The zero-order valence-electron chi connectivity index (χ0n) is 15.8. The highest BCUT2D eigenvalue weighted by Crippen LogP contribution is 2.33. The van der Waals surface area contributed by atoms with Gasteiger partial charge in [-0.05, 0) is 60.1 Å². The second-order valence-electron chi connectivity index (χ2n) is 7.30. The minimum absolute atomic E-state index is 0.218. The standard InChI is InChI=1S/C20H19BrFN5OS/c1-20(2)19(23)27-16(10-29(20)28)14-8-13(3-4-15(14)22)26-18-17-11(5-6-24-18)7-12(21)9-25-17/h3-9,16H,10H2,1-2H3,(H2,23,27)(H,24,26). The first-order valence-corrected chi connectivity index (χ1v) is 11.1. The highest BCUT2D eigenvalue weighted by Gasteiger charge is 2.37. The highest BCUT2D eigenvalue weighted by atomic mass is 79.9. The summed E-state index contributed by atoms with van der Waals surface area (Å²) in [5, 5.41) is 4.12. The molecular weight excluding hydrogens is 457 g/mol. The Hall–Kier alpha value is -2.39. The molecule has 0 saturated heterocycles. The number of amidine groups is 1. The van der Waals surface area contributed by atoms with Crippen molar-refractivity contribution in [1.29, 1.82) is 0 Å². The van der Waals surface area contributed by atoms with Crippen LogP contribution in [0.4, 0.5) is 15.9 Å². The lowest BCUT2D eigenvalue weighted by Crippen LogP contribution is -2.47. The average Bonchev–Trinajstić information content (AvgIpc) is 2.67. The van der Waals surface area contributed by atoms with Crippen LogP contribution in [0.5, 0.6) is 0 Å². The van der Waals surface area contributed by atoms with E-state index in [1.165, 1.54) is 6.07 Å². The van der Waals surface area contributed by atoms with Crippen LogP contribution in [0.1, 0.15) is 25.5 Å². The summed E-state index contributed by atoms with van der Waals surface area (Å²) in [6.45, 7) is 3.56. The zero-order chi connectivity index (χ0) is 20.8. The summed E-state index contributed by atoms with van der Waals surface area (Å²) in [4.78, 5) is 13.2. The molecule has 0 aliphatic carbocycles. The molecule has 1 aliphatic heterocycles. The molecule has 4 rings (SSSR count). The van der Waals surface area contributed by atoms with Gasteiger partial charge in [-0.2, -0.15) is 0 Å². The van der Waals surface area contributed by atoms with Crippen LogP contribution in [0.15, 0.2) is 52.2 Å². The molecular formula is C20H19BrFN5OS. The summed E-state index contributed by atoms with van der Waals surface area (Å²) < 4.78 is 27.3. The monoisotopic (exact) mass is 475 g/mol. The fraction of sp³-hybridized carbons (Fsp3) is 0.250. The van der Waals surface area contributed by atoms with E-state index in [4.69, 9.17) is 5.73 Å². The normalized spacial score (nSPS) is 21.0. The fourth-order valence-electron chi connectivity index (χ4n) is 3.13. The molecule has 6 nitrogen and oxygen atoms in total. The molecule has 3 N–H and O–H groups in total. The van der Waals surface area contributed by atoms with Gasteiger partial charge in [0, 0.05) is 44.3 Å². The Morgan fingerprint density at radius 2 is 2.07 bits per heavy atom. The Bertz CT molecular complexity index is 1170. The van der Waals surface area contributed by atoms with Crippen molar-refractivity contribution in [2.24, 2.45) is 10.7 Å². The molecule has 0 bridgehead atoms. The van der Waals surface area contributed by atoms with E-state index in [9.17, 15) is 8.60 Å². The van der Waals surface area contributed by atoms with E-state index in [0.29, 0.717) is 22.6 Å². The van der Waals surface area contributed by atoms with Crippen LogP contribution in [0.25, 0.3) is 10.9 Å². The van der Waals surface area contributed by atoms with Crippen molar-refractivity contribution in [3.8, 4) is 0 Å². The molecule has 2 aromatic heterocycles. The van der Waals surface area contributed by atoms with Crippen molar-refractivity contribution in [2.75, 3.05) is 11.1 Å². The summed E-state index contributed by atoms with van der Waals surface area (Å²) in [5.74, 6) is 0.636. The largest absolute Gasteiger partial charge is 0.386 e. The molecule has 150 valence electrons. The van der Waals surface area contributed by atoms with Gasteiger partial charge in [-0.3, -0.25) is 14.2 Å². The van der Waals surface area contributed by atoms with Crippen LogP contribution in [0.2, 0.25) is 0 Å². The van der Waals surface area contributed by atoms with Gasteiger partial charge < -0.3 is 11.1 Å². The number of pyridine rings is 2. The minimum atomic E-state index is -1.25. The molecule has 0 spiro atoms. The first-order chi connectivity index (χ1) is 13.8. The summed E-state index contributed by atoms with van der Waals surface area (Å²) in [6.07, 6.45) is 3.38. The molecule has 0 amide bonds. The number of hydrogen-bond acceptors (Lipinski definition) is 6. The van der Waals surface area contributed by atoms with Crippen molar-refractivity contribution in [1.82, 2.24) is 9.97 Å². The molecule has 3 heterocycles. The number of aliphatic imine (C=N–C) groups is 1. The second kappa shape index (κ2) is 7.46. The summed E-state index contributed by atoms with van der Waals surface area (Å²) in [5.41, 5.74) is 7.69. The number of anilines is 2. The first-order valence-electron chi connectivity index (χ1n) is 8.94. The molecule has 9 heteroatoms. The number of aromatic nitrogens is 2. The molecule has 3 aromatic rings. The number of nitrogens with one attached hydrogen (secondary N) is 1. The van der Waals surface area contributed by atoms with Crippen LogP contribution in [-0.4, -0.2) is 30.5 Å². The average molecular weight is 476 g/mol. The Kier molecular flexibility index (Phi) is 5.12. The van der Waals surface area contributed by atoms with Gasteiger partial charge in [0.25, 0.3) is 0 Å². The third-order valence-corrected chi connectivity index (χ3v) is 7.37. The van der Waals surface area contributed by atoms with Crippen LogP contribution in [0.3, 0.4) is 0 Å². The molecule has 0 fully saturated rings. The van der Waals surface area contributed by atoms with Crippen molar-refractivity contribution < 1.29 is 8.60 Å². The zero-order valence-corrected chi connectivity index (χ0v) is 18.2. The SMILES string of the molecule is CC1(C)C(N)=NC(c2cc(Nc3nccc4cc(Br)cnc34)ccc2F)CS1=O. The van der Waals surface area contributed by atoms with Crippen molar-refractivity contribution >= 4 is 55.0 Å². The van der Waals surface area contributed by atoms with Crippen LogP contribution < -0.4 is 11.1 Å². The van der Waals surface area contributed by atoms with Gasteiger partial charge in [0.1, 0.15) is 17.2 Å². The lowest BCUT2D eigenvalue weighted by Gasteiger charge is -2.31. The quantitative estimate of drug-likeness (QED) is 0.591. The van der Waals surface area contributed by atoms with Crippen LogP contribution >= 0.6 is 15.9 Å². The molecule has 2 unspecified atom stereocenters. The number of rotatable bonds is 3. The van der Waals surface area contributed by atoms with Crippen molar-refractivity contribution in [2.45, 2.75) is 24.6 Å². The lowest BCUT2D eigenvalue weighted by molar-refractivity contribution is 0.588. The fourth-order valence-corrected chi connectivity index (χ4v) is 4.72. The van der Waals surface area contributed by atoms with Crippen LogP contribution in [-0.2, 0) is 10.8 Å². The van der Waals surface area contributed by atoms with E-state index < -0.39 is 27.4 Å². The highest BCUT2D eigenvalue weighted by molar-refractivity contribution is 9.10. The topological polar surface area (TPSA) is 93.3 Å². The summed E-state index contributed by atoms with van der Waals surface area (Å²) >= 11 is 3.41. The van der Waals surface area contributed by atoms with E-state index in [0.717, 1.165) is 9.86 Å². The molecule has 29 heavy (non-hydrogen) atoms. The molecule has 0 radical (unpaired) electrons. The number of benzene rings is 1. The van der Waals surface area contributed by atoms with Crippen LogP contribution in [0, 0.1) is 5.82 Å². The predicted octanol–water partition coefficient (Wildman–Crippen LogP) is 4.21. The summed E-state index contributed by atoms with van der Waals surface area (Å²) in [6, 6.07) is 7.86. The Labute approximate surface area is 178 Å². The summed E-state index contributed by atoms with van der Waals surface area (Å²) in [7, 11) is -1.25. The number of hydrogen-bond donors (Lipinski definition) is 2. The maximum atomic E-state index is 14.6. The number of nitrogens with zero attached hydrogens (tertiary/aromatic N) is 3. The van der Waals surface area contributed by atoms with Gasteiger partial charge in [0.15, 0.2) is 5.82 Å². The maximum Gasteiger partial charge on any atom is 0.156 e. The molecule has 0 saturated carbocycles. The number of halogens is 2. The maximum absolute atomic E-state index is 14.6.